The monoisotopic (exact) mass is 372 g/mol. The maximum absolute atomic E-state index is 11.9. The number of carbonyl (C=O) groups is 1. The van der Waals surface area contributed by atoms with Gasteiger partial charge >= 0.3 is 5.97 Å². The molecule has 2 aromatic rings. The summed E-state index contributed by atoms with van der Waals surface area (Å²) in [5.74, 6) is 2.06. The summed E-state index contributed by atoms with van der Waals surface area (Å²) >= 11 is 0. The summed E-state index contributed by atoms with van der Waals surface area (Å²) in [7, 11) is 3.16. The van der Waals surface area contributed by atoms with Gasteiger partial charge in [-0.15, -0.1) is 0 Å². The minimum Gasteiger partial charge on any atom is -0.497 e. The van der Waals surface area contributed by atoms with Crippen LogP contribution in [0.2, 0.25) is 0 Å². The SMILES string of the molecule is C=C(C)C(=O)OC(COc1cccc(OC)c1)COc1cccc(OC)c1. The fourth-order valence-electron chi connectivity index (χ4n) is 2.13. The number of esters is 1. The van der Waals surface area contributed by atoms with Gasteiger partial charge in [-0.1, -0.05) is 18.7 Å². The summed E-state index contributed by atoms with van der Waals surface area (Å²) in [6, 6.07) is 14.4. The summed E-state index contributed by atoms with van der Waals surface area (Å²) in [6.45, 7) is 5.43. The summed E-state index contributed by atoms with van der Waals surface area (Å²) < 4.78 is 27.2. The van der Waals surface area contributed by atoms with Crippen molar-refractivity contribution in [2.24, 2.45) is 0 Å². The predicted molar refractivity (Wildman–Crippen MR) is 102 cm³/mol. The van der Waals surface area contributed by atoms with E-state index in [1.54, 1.807) is 45.4 Å². The zero-order valence-corrected chi connectivity index (χ0v) is 15.8. The Hall–Kier alpha value is -3.15. The molecule has 144 valence electrons. The number of rotatable bonds is 10. The summed E-state index contributed by atoms with van der Waals surface area (Å²) in [5, 5.41) is 0. The molecule has 0 saturated carbocycles. The van der Waals surface area contributed by atoms with Crippen LogP contribution in [0.1, 0.15) is 6.92 Å². The molecule has 0 aliphatic heterocycles. The van der Waals surface area contributed by atoms with Crippen LogP contribution in [-0.2, 0) is 9.53 Å². The van der Waals surface area contributed by atoms with Crippen LogP contribution in [0.15, 0.2) is 60.7 Å². The molecule has 0 fully saturated rings. The Morgan fingerprint density at radius 2 is 1.33 bits per heavy atom. The van der Waals surface area contributed by atoms with Crippen molar-refractivity contribution in [3.63, 3.8) is 0 Å². The molecule has 0 heterocycles. The third kappa shape index (κ3) is 6.58. The van der Waals surface area contributed by atoms with Gasteiger partial charge in [0.2, 0.25) is 0 Å². The predicted octanol–water partition coefficient (Wildman–Crippen LogP) is 3.65. The number of methoxy groups -OCH3 is 2. The van der Waals surface area contributed by atoms with Crippen LogP contribution in [0.5, 0.6) is 23.0 Å². The van der Waals surface area contributed by atoms with Crippen LogP contribution in [0.4, 0.5) is 0 Å². The topological polar surface area (TPSA) is 63.2 Å². The van der Waals surface area contributed by atoms with E-state index in [0.717, 1.165) is 0 Å². The highest BCUT2D eigenvalue weighted by Crippen LogP contribution is 2.21. The van der Waals surface area contributed by atoms with E-state index in [1.165, 1.54) is 0 Å². The highest BCUT2D eigenvalue weighted by molar-refractivity contribution is 5.87. The van der Waals surface area contributed by atoms with E-state index in [-0.39, 0.29) is 13.2 Å². The first-order valence-electron chi connectivity index (χ1n) is 8.42. The van der Waals surface area contributed by atoms with Crippen molar-refractivity contribution in [3.8, 4) is 23.0 Å². The molecule has 0 aromatic heterocycles. The number of carbonyl (C=O) groups excluding carboxylic acids is 1. The van der Waals surface area contributed by atoms with Crippen molar-refractivity contribution >= 4 is 5.97 Å². The molecule has 6 heteroatoms. The molecule has 0 N–H and O–H groups in total. The van der Waals surface area contributed by atoms with Crippen LogP contribution in [-0.4, -0.2) is 39.5 Å². The summed E-state index contributed by atoms with van der Waals surface area (Å²) in [5.41, 5.74) is 0.308. The molecule has 2 rings (SSSR count). The molecule has 0 bridgehead atoms. The van der Waals surface area contributed by atoms with E-state index in [4.69, 9.17) is 23.7 Å². The lowest BCUT2D eigenvalue weighted by atomic mass is 10.3. The highest BCUT2D eigenvalue weighted by Gasteiger charge is 2.17. The second-order valence-corrected chi connectivity index (χ2v) is 5.79. The van der Waals surface area contributed by atoms with Crippen molar-refractivity contribution in [2.75, 3.05) is 27.4 Å². The van der Waals surface area contributed by atoms with Crippen LogP contribution < -0.4 is 18.9 Å². The maximum atomic E-state index is 11.9. The Morgan fingerprint density at radius 3 is 1.74 bits per heavy atom. The van der Waals surface area contributed by atoms with E-state index in [1.807, 2.05) is 24.3 Å². The maximum Gasteiger partial charge on any atom is 0.333 e. The van der Waals surface area contributed by atoms with Gasteiger partial charge in [-0.25, -0.2) is 4.79 Å². The highest BCUT2D eigenvalue weighted by atomic mass is 16.6. The third-order valence-electron chi connectivity index (χ3n) is 3.58. The minimum atomic E-state index is -0.619. The Kier molecular flexibility index (Phi) is 7.55. The fourth-order valence-corrected chi connectivity index (χ4v) is 2.13. The molecule has 27 heavy (non-hydrogen) atoms. The number of hydrogen-bond acceptors (Lipinski definition) is 6. The minimum absolute atomic E-state index is 0.121. The first-order valence-corrected chi connectivity index (χ1v) is 8.42. The average Bonchev–Trinajstić information content (AvgIpc) is 2.70. The molecular formula is C21H24O6. The van der Waals surface area contributed by atoms with Gasteiger partial charge in [0.25, 0.3) is 0 Å². The Bertz CT molecular complexity index is 719. The van der Waals surface area contributed by atoms with Crippen molar-refractivity contribution in [2.45, 2.75) is 13.0 Å². The largest absolute Gasteiger partial charge is 0.497 e. The van der Waals surface area contributed by atoms with Gasteiger partial charge in [-0.05, 0) is 31.2 Å². The second-order valence-electron chi connectivity index (χ2n) is 5.79. The van der Waals surface area contributed by atoms with Crippen molar-refractivity contribution in [1.29, 1.82) is 0 Å². The van der Waals surface area contributed by atoms with Crippen molar-refractivity contribution in [3.05, 3.63) is 60.7 Å². The van der Waals surface area contributed by atoms with Crippen LogP contribution in [0.3, 0.4) is 0 Å². The molecule has 0 atom stereocenters. The zero-order chi connectivity index (χ0) is 19.6. The lowest BCUT2D eigenvalue weighted by Crippen LogP contribution is -2.31. The molecule has 0 spiro atoms. The second kappa shape index (κ2) is 10.1. The van der Waals surface area contributed by atoms with Gasteiger partial charge in [0.15, 0.2) is 6.10 Å². The van der Waals surface area contributed by atoms with E-state index < -0.39 is 12.1 Å². The smallest absolute Gasteiger partial charge is 0.333 e. The van der Waals surface area contributed by atoms with Crippen molar-refractivity contribution in [1.82, 2.24) is 0 Å². The quantitative estimate of drug-likeness (QED) is 0.469. The number of ether oxygens (including phenoxy) is 5. The van der Waals surface area contributed by atoms with E-state index in [2.05, 4.69) is 6.58 Å². The Balaban J connectivity index is 2.01. The zero-order valence-electron chi connectivity index (χ0n) is 15.8. The van der Waals surface area contributed by atoms with Gasteiger partial charge in [0.05, 0.1) is 14.2 Å². The molecule has 2 aromatic carbocycles. The summed E-state index contributed by atoms with van der Waals surface area (Å²) in [4.78, 5) is 11.9. The average molecular weight is 372 g/mol. The fraction of sp³-hybridized carbons (Fsp3) is 0.286. The molecule has 6 nitrogen and oxygen atoms in total. The lowest BCUT2D eigenvalue weighted by Gasteiger charge is -2.19. The normalized spacial score (nSPS) is 10.2. The van der Waals surface area contributed by atoms with Crippen molar-refractivity contribution < 1.29 is 28.5 Å². The first-order chi connectivity index (χ1) is 13.0. The van der Waals surface area contributed by atoms with Gasteiger partial charge < -0.3 is 23.7 Å². The lowest BCUT2D eigenvalue weighted by molar-refractivity contribution is -0.147. The molecule has 0 radical (unpaired) electrons. The third-order valence-corrected chi connectivity index (χ3v) is 3.58. The number of hydrogen-bond donors (Lipinski definition) is 0. The van der Waals surface area contributed by atoms with Gasteiger partial charge in [-0.2, -0.15) is 0 Å². The summed E-state index contributed by atoms with van der Waals surface area (Å²) in [6.07, 6.45) is -0.619. The van der Waals surface area contributed by atoms with E-state index in [0.29, 0.717) is 28.6 Å². The van der Waals surface area contributed by atoms with Gasteiger partial charge in [0, 0.05) is 17.7 Å². The van der Waals surface area contributed by atoms with E-state index >= 15 is 0 Å². The Morgan fingerprint density at radius 1 is 0.889 bits per heavy atom. The van der Waals surface area contributed by atoms with Crippen LogP contribution >= 0.6 is 0 Å². The first kappa shape index (κ1) is 20.2. The standard InChI is InChI=1S/C21H24O6/c1-15(2)21(22)27-20(13-25-18-9-5-7-16(11-18)23-3)14-26-19-10-6-8-17(12-19)24-4/h5-12,20H,1,13-14H2,2-4H3. The molecular weight excluding hydrogens is 348 g/mol. The molecule has 0 aliphatic rings. The molecule has 0 amide bonds. The molecule has 0 unspecified atom stereocenters. The molecule has 0 saturated heterocycles. The molecule has 0 aliphatic carbocycles. The Labute approximate surface area is 159 Å². The van der Waals surface area contributed by atoms with Crippen LogP contribution in [0, 0.1) is 0 Å². The van der Waals surface area contributed by atoms with E-state index in [9.17, 15) is 4.79 Å². The van der Waals surface area contributed by atoms with Crippen LogP contribution in [0.25, 0.3) is 0 Å². The van der Waals surface area contributed by atoms with Gasteiger partial charge in [0.1, 0.15) is 36.2 Å². The van der Waals surface area contributed by atoms with Gasteiger partial charge in [-0.3, -0.25) is 0 Å². The number of benzene rings is 2.